The van der Waals surface area contributed by atoms with Crippen LogP contribution >= 0.6 is 12.2 Å². The summed E-state index contributed by atoms with van der Waals surface area (Å²) in [6.45, 7) is 9.92. The third-order valence-corrected chi connectivity index (χ3v) is 5.38. The molecule has 0 bridgehead atoms. The highest BCUT2D eigenvalue weighted by molar-refractivity contribution is 7.71. The van der Waals surface area contributed by atoms with E-state index in [-0.39, 0.29) is 6.04 Å². The van der Waals surface area contributed by atoms with Crippen molar-refractivity contribution in [3.8, 4) is 17.1 Å². The lowest BCUT2D eigenvalue weighted by molar-refractivity contribution is -0.931. The van der Waals surface area contributed by atoms with Gasteiger partial charge >= 0.3 is 0 Å². The Hall–Kier alpha value is -1.66. The van der Waals surface area contributed by atoms with Crippen LogP contribution < -0.4 is 9.64 Å². The van der Waals surface area contributed by atoms with Crippen molar-refractivity contribution >= 4 is 12.2 Å². The number of aromatic nitrogens is 3. The maximum Gasteiger partial charge on any atom is 0.203 e. The molecule has 0 saturated carbocycles. The highest BCUT2D eigenvalue weighted by Gasteiger charge is 2.22. The summed E-state index contributed by atoms with van der Waals surface area (Å²) < 4.78 is 10.3. The zero-order valence-electron chi connectivity index (χ0n) is 15.7. The molecule has 1 saturated heterocycles. The van der Waals surface area contributed by atoms with Crippen molar-refractivity contribution < 1.29 is 9.64 Å². The van der Waals surface area contributed by atoms with Crippen molar-refractivity contribution in [3.05, 3.63) is 29.0 Å². The Bertz CT molecular complexity index is 763. The maximum atomic E-state index is 5.76. The summed E-state index contributed by atoms with van der Waals surface area (Å²) >= 11 is 5.76. The highest BCUT2D eigenvalue weighted by atomic mass is 32.1. The van der Waals surface area contributed by atoms with E-state index in [4.69, 9.17) is 22.1 Å². The topological polar surface area (TPSA) is 36.4 Å². The highest BCUT2D eigenvalue weighted by Crippen LogP contribution is 2.24. The number of nitrogens with zero attached hydrogens (tertiary/aromatic N) is 3. The molecule has 5 nitrogen and oxygen atoms in total. The van der Waals surface area contributed by atoms with Gasteiger partial charge in [0.1, 0.15) is 5.75 Å². The molecule has 0 aliphatic carbocycles. The van der Waals surface area contributed by atoms with Crippen molar-refractivity contribution in [2.24, 2.45) is 5.92 Å². The smallest absolute Gasteiger partial charge is 0.203 e. The number of benzene rings is 1. The Balaban J connectivity index is 1.93. The summed E-state index contributed by atoms with van der Waals surface area (Å²) in [5.41, 5.74) is 1.07. The van der Waals surface area contributed by atoms with Crippen LogP contribution in [0.2, 0.25) is 0 Å². The van der Waals surface area contributed by atoms with Gasteiger partial charge in [0, 0.05) is 17.5 Å². The van der Waals surface area contributed by atoms with E-state index in [9.17, 15) is 0 Å². The van der Waals surface area contributed by atoms with Gasteiger partial charge in [0.2, 0.25) is 4.77 Å². The fourth-order valence-electron chi connectivity index (χ4n) is 3.68. The van der Waals surface area contributed by atoms with Crippen LogP contribution in [0, 0.1) is 10.7 Å². The summed E-state index contributed by atoms with van der Waals surface area (Å²) in [6.07, 6.45) is 2.63. The summed E-state index contributed by atoms with van der Waals surface area (Å²) in [6, 6.07) is 8.32. The Labute approximate surface area is 155 Å². The van der Waals surface area contributed by atoms with Crippen molar-refractivity contribution in [3.63, 3.8) is 0 Å². The van der Waals surface area contributed by atoms with Crippen LogP contribution in [-0.2, 0) is 6.67 Å². The van der Waals surface area contributed by atoms with Gasteiger partial charge in [-0.3, -0.25) is 4.57 Å². The lowest BCUT2D eigenvalue weighted by atomic mass is 10.0. The van der Waals surface area contributed by atoms with Gasteiger partial charge in [-0.2, -0.15) is 4.68 Å². The number of likely N-dealkylation sites (tertiary alicyclic amines) is 1. The van der Waals surface area contributed by atoms with Crippen LogP contribution in [0.4, 0.5) is 0 Å². The maximum absolute atomic E-state index is 5.76. The van der Waals surface area contributed by atoms with Gasteiger partial charge in [-0.05, 0) is 63.2 Å². The number of ether oxygens (including phenoxy) is 1. The van der Waals surface area contributed by atoms with E-state index < -0.39 is 0 Å². The minimum absolute atomic E-state index is 0.272. The molecule has 136 valence electrons. The second kappa shape index (κ2) is 7.70. The van der Waals surface area contributed by atoms with E-state index in [1.54, 1.807) is 12.0 Å². The molecule has 0 amide bonds. The van der Waals surface area contributed by atoms with Crippen molar-refractivity contribution in [2.75, 3.05) is 20.2 Å². The van der Waals surface area contributed by atoms with E-state index in [2.05, 4.69) is 37.5 Å². The first-order chi connectivity index (χ1) is 12.0. The van der Waals surface area contributed by atoms with Crippen LogP contribution in [0.1, 0.15) is 39.7 Å². The van der Waals surface area contributed by atoms with Crippen LogP contribution in [0.15, 0.2) is 24.3 Å². The number of methoxy groups -OCH3 is 1. The number of piperidine rings is 1. The summed E-state index contributed by atoms with van der Waals surface area (Å²) in [4.78, 5) is 1.57. The Morgan fingerprint density at radius 3 is 2.64 bits per heavy atom. The zero-order valence-corrected chi connectivity index (χ0v) is 16.5. The first kappa shape index (κ1) is 18.1. The molecule has 1 N–H and O–H groups in total. The SMILES string of the molecule is COc1ccc(-c2nn(C[NH+]3CCC[C@H](C)C3)c(=S)n2C(C)C)cc1. The summed E-state index contributed by atoms with van der Waals surface area (Å²) in [7, 11) is 1.68. The van der Waals surface area contributed by atoms with Crippen LogP contribution in [0.25, 0.3) is 11.4 Å². The van der Waals surface area contributed by atoms with Gasteiger partial charge in [-0.1, -0.05) is 6.92 Å². The second-order valence-electron chi connectivity index (χ2n) is 7.41. The number of hydrogen-bond donors (Lipinski definition) is 1. The van der Waals surface area contributed by atoms with E-state index in [0.29, 0.717) is 0 Å². The van der Waals surface area contributed by atoms with Gasteiger partial charge in [-0.25, -0.2) is 0 Å². The number of hydrogen-bond acceptors (Lipinski definition) is 3. The van der Waals surface area contributed by atoms with Crippen molar-refractivity contribution in [1.82, 2.24) is 14.3 Å². The molecule has 1 aromatic carbocycles. The molecule has 2 aromatic rings. The van der Waals surface area contributed by atoms with Crippen LogP contribution in [0.3, 0.4) is 0 Å². The lowest BCUT2D eigenvalue weighted by Crippen LogP contribution is -3.12. The molecule has 6 heteroatoms. The largest absolute Gasteiger partial charge is 0.497 e. The summed E-state index contributed by atoms with van der Waals surface area (Å²) in [5, 5.41) is 4.89. The van der Waals surface area contributed by atoms with E-state index in [1.807, 2.05) is 16.8 Å². The quantitative estimate of drug-likeness (QED) is 0.832. The van der Waals surface area contributed by atoms with E-state index in [1.165, 1.54) is 25.9 Å². The number of nitrogens with one attached hydrogen (secondary N) is 1. The minimum Gasteiger partial charge on any atom is -0.497 e. The number of rotatable bonds is 5. The Kier molecular flexibility index (Phi) is 5.59. The molecule has 25 heavy (non-hydrogen) atoms. The van der Waals surface area contributed by atoms with Gasteiger partial charge in [-0.15, -0.1) is 5.10 Å². The Morgan fingerprint density at radius 2 is 2.04 bits per heavy atom. The average Bonchev–Trinajstić information content (AvgIpc) is 2.92. The molecule has 0 radical (unpaired) electrons. The lowest BCUT2D eigenvalue weighted by Gasteiger charge is -2.27. The predicted octanol–water partition coefficient (Wildman–Crippen LogP) is 2.94. The molecule has 2 atom stereocenters. The second-order valence-corrected chi connectivity index (χ2v) is 7.77. The summed E-state index contributed by atoms with van der Waals surface area (Å²) in [5.74, 6) is 2.57. The third kappa shape index (κ3) is 3.96. The molecule has 1 aromatic heterocycles. The normalized spacial score (nSPS) is 20.8. The first-order valence-electron chi connectivity index (χ1n) is 9.17. The molecule has 3 rings (SSSR count). The molecular weight excluding hydrogens is 332 g/mol. The molecule has 1 unspecified atom stereocenters. The fourth-order valence-corrected chi connectivity index (χ4v) is 4.08. The van der Waals surface area contributed by atoms with Crippen molar-refractivity contribution in [1.29, 1.82) is 0 Å². The zero-order chi connectivity index (χ0) is 18.0. The third-order valence-electron chi connectivity index (χ3n) is 4.97. The van der Waals surface area contributed by atoms with Gasteiger partial charge < -0.3 is 9.64 Å². The van der Waals surface area contributed by atoms with Crippen LogP contribution in [0.5, 0.6) is 5.75 Å². The molecular formula is C19H29N4OS+. The molecule has 1 aliphatic heterocycles. The van der Waals surface area contributed by atoms with E-state index in [0.717, 1.165) is 34.5 Å². The van der Waals surface area contributed by atoms with Gasteiger partial charge in [0.25, 0.3) is 0 Å². The van der Waals surface area contributed by atoms with E-state index >= 15 is 0 Å². The van der Waals surface area contributed by atoms with Gasteiger partial charge in [0.05, 0.1) is 20.2 Å². The fraction of sp³-hybridized carbons (Fsp3) is 0.579. The number of quaternary nitrogens is 1. The molecule has 0 spiro atoms. The van der Waals surface area contributed by atoms with Gasteiger partial charge in [0.15, 0.2) is 12.5 Å². The standard InChI is InChI=1S/C19H28N4OS/c1-14(2)23-18(16-7-9-17(24-4)10-8-16)20-22(19(23)25)13-21-11-5-6-15(3)12-21/h7-10,14-15H,5-6,11-13H2,1-4H3/p+1/t15-/m0/s1. The predicted molar refractivity (Wildman–Crippen MR) is 103 cm³/mol. The Morgan fingerprint density at radius 1 is 1.32 bits per heavy atom. The monoisotopic (exact) mass is 361 g/mol. The van der Waals surface area contributed by atoms with Crippen molar-refractivity contribution in [2.45, 2.75) is 46.3 Å². The van der Waals surface area contributed by atoms with Crippen LogP contribution in [-0.4, -0.2) is 34.5 Å². The average molecular weight is 362 g/mol. The molecule has 1 fully saturated rings. The molecule has 2 heterocycles. The first-order valence-corrected chi connectivity index (χ1v) is 9.57. The minimum atomic E-state index is 0.272. The molecule has 1 aliphatic rings.